The van der Waals surface area contributed by atoms with Crippen molar-refractivity contribution in [3.05, 3.63) is 12.8 Å². The molecule has 0 rings (SSSR count). The van der Waals surface area contributed by atoms with E-state index in [1.807, 2.05) is 0 Å². The largest absolute Gasteiger partial charge is 0.494 e. The summed E-state index contributed by atoms with van der Waals surface area (Å²) in [7, 11) is 0. The number of hydrogen-bond donors (Lipinski definition) is 0. The van der Waals surface area contributed by atoms with Gasteiger partial charge in [0.2, 0.25) is 6.29 Å². The quantitative estimate of drug-likeness (QED) is 0.363. The Morgan fingerprint density at radius 2 is 2.67 bits per heavy atom. The molecule has 0 saturated carbocycles. The van der Waals surface area contributed by atoms with Crippen molar-refractivity contribution < 1.29 is 9.53 Å². The number of carbonyl (C=O) groups excluding carboxylic acids is 1. The van der Waals surface area contributed by atoms with E-state index in [4.69, 9.17) is 0 Å². The lowest BCUT2D eigenvalue weighted by atomic mass is 10.8. The highest BCUT2D eigenvalue weighted by atomic mass is 16.5. The first-order valence-electron chi connectivity index (χ1n) is 1.49. The van der Waals surface area contributed by atoms with Crippen molar-refractivity contribution in [2.24, 2.45) is 0 Å². The molecule has 2 nitrogen and oxygen atoms in total. The van der Waals surface area contributed by atoms with Crippen molar-refractivity contribution in [1.29, 1.82) is 0 Å². The van der Waals surface area contributed by atoms with Crippen LogP contribution in [0.3, 0.4) is 0 Å². The summed E-state index contributed by atoms with van der Waals surface area (Å²) in [5.41, 5.74) is 0. The molecule has 0 N–H and O–H groups in total. The van der Waals surface area contributed by atoms with Crippen LogP contribution in [0, 0.1) is 0 Å². The van der Waals surface area contributed by atoms with Gasteiger partial charge in [0.25, 0.3) is 0 Å². The molecule has 0 spiro atoms. The fourth-order valence-corrected chi connectivity index (χ4v) is 0.0929. The minimum Gasteiger partial charge on any atom is -0.494 e. The van der Waals surface area contributed by atoms with Gasteiger partial charge in [0, 0.05) is 0 Å². The van der Waals surface area contributed by atoms with Crippen LogP contribution in [-0.4, -0.2) is 12.9 Å². The Bertz CT molecular complexity index is 41.5. The van der Waals surface area contributed by atoms with Gasteiger partial charge in [0.15, 0.2) is 6.61 Å². The molecular formula is C4H5O2. The second-order valence-corrected chi connectivity index (χ2v) is 0.622. The molecule has 0 bridgehead atoms. The molecule has 1 radical (unpaired) electrons. The van der Waals surface area contributed by atoms with Crippen LogP contribution < -0.4 is 0 Å². The lowest BCUT2D eigenvalue weighted by Crippen LogP contribution is -1.83. The molecular weight excluding hydrogens is 80.0 g/mol. The van der Waals surface area contributed by atoms with Gasteiger partial charge in [-0.05, 0) is 0 Å². The van der Waals surface area contributed by atoms with E-state index in [0.29, 0.717) is 0 Å². The molecule has 0 aromatic rings. The maximum absolute atomic E-state index is 9.27. The van der Waals surface area contributed by atoms with Crippen molar-refractivity contribution in [2.75, 3.05) is 6.61 Å². The van der Waals surface area contributed by atoms with E-state index in [9.17, 15) is 4.79 Å². The van der Waals surface area contributed by atoms with Crippen LogP contribution in [0.15, 0.2) is 12.8 Å². The van der Waals surface area contributed by atoms with Gasteiger partial charge < -0.3 is 4.74 Å². The predicted octanol–water partition coefficient (Wildman–Crippen LogP) is 0.256. The van der Waals surface area contributed by atoms with E-state index in [2.05, 4.69) is 11.3 Å². The summed E-state index contributed by atoms with van der Waals surface area (Å²) >= 11 is 0. The third-order valence-corrected chi connectivity index (χ3v) is 0.260. The fraction of sp³-hybridized carbons (Fsp3) is 0.250. The van der Waals surface area contributed by atoms with E-state index >= 15 is 0 Å². The normalized spacial score (nSPS) is 6.67. The summed E-state index contributed by atoms with van der Waals surface area (Å²) < 4.78 is 4.32. The van der Waals surface area contributed by atoms with Crippen molar-refractivity contribution in [3.63, 3.8) is 0 Å². The molecule has 0 amide bonds. The molecule has 2 heteroatoms. The average molecular weight is 85.1 g/mol. The number of rotatable bonds is 3. The van der Waals surface area contributed by atoms with E-state index in [-0.39, 0.29) is 6.61 Å². The lowest BCUT2D eigenvalue weighted by Gasteiger charge is -1.82. The fourth-order valence-electron chi connectivity index (χ4n) is 0.0929. The second-order valence-electron chi connectivity index (χ2n) is 0.622. The van der Waals surface area contributed by atoms with Gasteiger partial charge in [0.05, 0.1) is 6.26 Å². The molecule has 0 fully saturated rings. The van der Waals surface area contributed by atoms with Gasteiger partial charge in [-0.1, -0.05) is 6.58 Å². The summed E-state index contributed by atoms with van der Waals surface area (Å²) in [6.45, 7) is 3.19. The van der Waals surface area contributed by atoms with Gasteiger partial charge in [-0.15, -0.1) is 0 Å². The number of ether oxygens (including phenoxy) is 1. The molecule has 33 valence electrons. The molecule has 0 aliphatic heterocycles. The van der Waals surface area contributed by atoms with E-state index in [1.165, 1.54) is 12.5 Å². The first-order chi connectivity index (χ1) is 2.91. The molecule has 0 saturated heterocycles. The summed E-state index contributed by atoms with van der Waals surface area (Å²) in [5.74, 6) is 0. The second kappa shape index (κ2) is 4.21. The zero-order valence-corrected chi connectivity index (χ0v) is 3.31. The smallest absolute Gasteiger partial charge is 0.239 e. The topological polar surface area (TPSA) is 26.3 Å². The Hall–Kier alpha value is -0.790. The van der Waals surface area contributed by atoms with Crippen LogP contribution in [0.25, 0.3) is 0 Å². The molecule has 0 aromatic heterocycles. The molecule has 0 aliphatic rings. The first-order valence-corrected chi connectivity index (χ1v) is 1.49. The van der Waals surface area contributed by atoms with Crippen LogP contribution >= 0.6 is 0 Å². The maximum Gasteiger partial charge on any atom is 0.239 e. The first kappa shape index (κ1) is 5.21. The van der Waals surface area contributed by atoms with E-state index < -0.39 is 0 Å². The van der Waals surface area contributed by atoms with Gasteiger partial charge in [-0.2, -0.15) is 0 Å². The van der Waals surface area contributed by atoms with Gasteiger partial charge in [-0.3, -0.25) is 4.79 Å². The third kappa shape index (κ3) is 3.21. The Kier molecular flexibility index (Phi) is 3.66. The van der Waals surface area contributed by atoms with Crippen LogP contribution in [0.2, 0.25) is 0 Å². The average Bonchev–Trinajstić information content (AvgIpc) is 1.61. The standard InChI is InChI=1S/C4H5O2/c1-2-6-4-3-5/h2H,1,4H2. The lowest BCUT2D eigenvalue weighted by molar-refractivity contribution is 0.297. The van der Waals surface area contributed by atoms with Crippen molar-refractivity contribution in [1.82, 2.24) is 0 Å². The van der Waals surface area contributed by atoms with Crippen LogP contribution in [0.4, 0.5) is 0 Å². The van der Waals surface area contributed by atoms with Gasteiger partial charge in [-0.25, -0.2) is 0 Å². The Morgan fingerprint density at radius 1 is 2.00 bits per heavy atom. The Morgan fingerprint density at radius 3 is 2.83 bits per heavy atom. The van der Waals surface area contributed by atoms with Crippen molar-refractivity contribution in [3.8, 4) is 0 Å². The molecule has 0 aliphatic carbocycles. The highest BCUT2D eigenvalue weighted by Crippen LogP contribution is 1.63. The molecule has 0 unspecified atom stereocenters. The van der Waals surface area contributed by atoms with Gasteiger partial charge >= 0.3 is 0 Å². The Balaban J connectivity index is 2.66. The molecule has 0 atom stereocenters. The zero-order chi connectivity index (χ0) is 4.83. The molecule has 0 heterocycles. The molecule has 6 heavy (non-hydrogen) atoms. The van der Waals surface area contributed by atoms with Gasteiger partial charge in [0.1, 0.15) is 0 Å². The van der Waals surface area contributed by atoms with Crippen LogP contribution in [0.1, 0.15) is 0 Å². The minimum atomic E-state index is -0.0104. The summed E-state index contributed by atoms with van der Waals surface area (Å²) in [5, 5.41) is 0. The van der Waals surface area contributed by atoms with E-state index in [0.717, 1.165) is 0 Å². The minimum absolute atomic E-state index is 0.0104. The highest BCUT2D eigenvalue weighted by molar-refractivity contribution is 5.51. The van der Waals surface area contributed by atoms with Crippen LogP contribution in [0.5, 0.6) is 0 Å². The SMILES string of the molecule is C=COC[C]=O. The van der Waals surface area contributed by atoms with Crippen molar-refractivity contribution >= 4 is 6.29 Å². The summed E-state index contributed by atoms with van der Waals surface area (Å²) in [4.78, 5) is 9.27. The summed E-state index contributed by atoms with van der Waals surface area (Å²) in [6, 6.07) is 0. The number of hydrogen-bond acceptors (Lipinski definition) is 2. The third-order valence-electron chi connectivity index (χ3n) is 0.260. The monoisotopic (exact) mass is 85.0 g/mol. The summed E-state index contributed by atoms with van der Waals surface area (Å²) in [6.07, 6.45) is 2.72. The van der Waals surface area contributed by atoms with E-state index in [1.54, 1.807) is 0 Å². The van der Waals surface area contributed by atoms with Crippen molar-refractivity contribution in [2.45, 2.75) is 0 Å². The Labute approximate surface area is 36.4 Å². The predicted molar refractivity (Wildman–Crippen MR) is 21.8 cm³/mol. The zero-order valence-electron chi connectivity index (χ0n) is 3.31. The highest BCUT2D eigenvalue weighted by Gasteiger charge is 1.69. The molecule has 0 aromatic carbocycles. The maximum atomic E-state index is 9.27. The van der Waals surface area contributed by atoms with Crippen LogP contribution in [-0.2, 0) is 9.53 Å².